The smallest absolute Gasteiger partial charge is 0.270 e. The third-order valence-electron chi connectivity index (χ3n) is 6.54. The van der Waals surface area contributed by atoms with E-state index in [-0.39, 0.29) is 24.5 Å². The first-order chi connectivity index (χ1) is 17.5. The average molecular weight is 488 g/mol. The number of hydrogen-bond acceptors (Lipinski definition) is 5. The van der Waals surface area contributed by atoms with E-state index in [0.717, 1.165) is 16.7 Å². The van der Waals surface area contributed by atoms with Gasteiger partial charge in [-0.1, -0.05) is 30.3 Å². The van der Waals surface area contributed by atoms with Gasteiger partial charge in [-0.3, -0.25) is 9.59 Å². The molecule has 0 radical (unpaired) electrons. The first-order valence-corrected chi connectivity index (χ1v) is 12.0. The van der Waals surface area contributed by atoms with Crippen LogP contribution in [0.15, 0.2) is 77.4 Å². The summed E-state index contributed by atoms with van der Waals surface area (Å²) in [4.78, 5) is 30.0. The number of hydrogen-bond donors (Lipinski definition) is 0. The lowest BCUT2D eigenvalue weighted by Gasteiger charge is -2.39. The van der Waals surface area contributed by atoms with E-state index in [0.29, 0.717) is 43.3 Å². The highest BCUT2D eigenvalue weighted by atomic mass is 16.5. The van der Waals surface area contributed by atoms with Crippen molar-refractivity contribution in [2.45, 2.75) is 19.5 Å². The summed E-state index contributed by atoms with van der Waals surface area (Å²) in [6.45, 7) is 3.76. The summed E-state index contributed by atoms with van der Waals surface area (Å²) < 4.78 is 18.6. The number of furan rings is 1. The summed E-state index contributed by atoms with van der Waals surface area (Å²) in [6, 6.07) is 20.7. The minimum atomic E-state index is -0.126. The zero-order valence-corrected chi connectivity index (χ0v) is 20.4. The van der Waals surface area contributed by atoms with E-state index >= 15 is 0 Å². The SMILES string of the molecule is COc1cccc(Cn2c(C(=O)N3CCN(C(=O)COc4ccccc4)C(C)C3)cc3ccoc32)c1. The fraction of sp³-hybridized carbons (Fsp3) is 0.286. The molecule has 1 aliphatic heterocycles. The summed E-state index contributed by atoms with van der Waals surface area (Å²) in [5.74, 6) is 1.25. The van der Waals surface area contributed by atoms with E-state index in [9.17, 15) is 9.59 Å². The number of methoxy groups -OCH3 is 1. The summed E-state index contributed by atoms with van der Waals surface area (Å²) in [7, 11) is 1.63. The van der Waals surface area contributed by atoms with E-state index in [1.807, 2.05) is 83.1 Å². The predicted molar refractivity (Wildman–Crippen MR) is 135 cm³/mol. The monoisotopic (exact) mass is 487 g/mol. The first kappa shape index (κ1) is 23.5. The van der Waals surface area contributed by atoms with Gasteiger partial charge in [-0.25, -0.2) is 0 Å². The Bertz CT molecular complexity index is 1360. The van der Waals surface area contributed by atoms with E-state index in [2.05, 4.69) is 0 Å². The van der Waals surface area contributed by atoms with E-state index in [1.54, 1.807) is 18.3 Å². The van der Waals surface area contributed by atoms with Crippen LogP contribution in [-0.4, -0.2) is 65.6 Å². The second-order valence-corrected chi connectivity index (χ2v) is 8.94. The van der Waals surface area contributed by atoms with Crippen molar-refractivity contribution in [1.29, 1.82) is 0 Å². The minimum Gasteiger partial charge on any atom is -0.497 e. The normalized spacial score (nSPS) is 15.8. The molecular weight excluding hydrogens is 458 g/mol. The Morgan fingerprint density at radius 3 is 2.58 bits per heavy atom. The molecule has 1 saturated heterocycles. The maximum absolute atomic E-state index is 13.6. The highest BCUT2D eigenvalue weighted by Crippen LogP contribution is 2.25. The number of benzene rings is 2. The Hall–Kier alpha value is -4.20. The molecule has 0 spiro atoms. The summed E-state index contributed by atoms with van der Waals surface area (Å²) in [6.07, 6.45) is 1.63. The molecule has 3 heterocycles. The molecule has 0 bridgehead atoms. The van der Waals surface area contributed by atoms with Crippen molar-refractivity contribution >= 4 is 22.9 Å². The van der Waals surface area contributed by atoms with Gasteiger partial charge < -0.3 is 28.3 Å². The maximum atomic E-state index is 13.6. The second-order valence-electron chi connectivity index (χ2n) is 8.94. The van der Waals surface area contributed by atoms with Crippen molar-refractivity contribution in [2.75, 3.05) is 33.4 Å². The summed E-state index contributed by atoms with van der Waals surface area (Å²) in [5, 5.41) is 0.876. The second kappa shape index (κ2) is 10.2. The lowest BCUT2D eigenvalue weighted by molar-refractivity contribution is -0.137. The van der Waals surface area contributed by atoms with Crippen LogP contribution >= 0.6 is 0 Å². The third kappa shape index (κ3) is 4.79. The molecule has 186 valence electrons. The van der Waals surface area contributed by atoms with Crippen LogP contribution in [0.25, 0.3) is 11.1 Å². The average Bonchev–Trinajstić information content (AvgIpc) is 3.50. The fourth-order valence-electron chi connectivity index (χ4n) is 4.68. The molecule has 0 saturated carbocycles. The Morgan fingerprint density at radius 1 is 1.00 bits per heavy atom. The molecule has 4 aromatic rings. The zero-order chi connectivity index (χ0) is 25.1. The molecule has 5 rings (SSSR count). The van der Waals surface area contributed by atoms with Crippen molar-refractivity contribution < 1.29 is 23.5 Å². The number of rotatable bonds is 7. The lowest BCUT2D eigenvalue weighted by Crippen LogP contribution is -2.56. The van der Waals surface area contributed by atoms with Crippen LogP contribution in [0.1, 0.15) is 23.0 Å². The molecule has 1 unspecified atom stereocenters. The van der Waals surface area contributed by atoms with Gasteiger partial charge >= 0.3 is 0 Å². The zero-order valence-electron chi connectivity index (χ0n) is 20.4. The summed E-state index contributed by atoms with van der Waals surface area (Å²) in [5.41, 5.74) is 2.21. The van der Waals surface area contributed by atoms with Crippen molar-refractivity contribution in [2.24, 2.45) is 0 Å². The molecule has 2 aromatic heterocycles. The number of piperazine rings is 1. The molecule has 2 aromatic carbocycles. The molecule has 8 nitrogen and oxygen atoms in total. The van der Waals surface area contributed by atoms with Gasteiger partial charge in [-0.2, -0.15) is 0 Å². The number of aromatic nitrogens is 1. The Morgan fingerprint density at radius 2 is 1.81 bits per heavy atom. The number of carbonyl (C=O) groups excluding carboxylic acids is 2. The molecule has 0 N–H and O–H groups in total. The molecule has 1 atom stereocenters. The minimum absolute atomic E-state index is 0.0257. The molecular formula is C28H29N3O5. The highest BCUT2D eigenvalue weighted by Gasteiger charge is 2.32. The topological polar surface area (TPSA) is 77.2 Å². The number of fused-ring (bicyclic) bond motifs is 1. The molecule has 8 heteroatoms. The number of ether oxygens (including phenoxy) is 2. The van der Waals surface area contributed by atoms with Crippen LogP contribution in [0.3, 0.4) is 0 Å². The molecule has 1 fully saturated rings. The number of carbonyl (C=O) groups is 2. The largest absolute Gasteiger partial charge is 0.497 e. The van der Waals surface area contributed by atoms with Gasteiger partial charge in [0.2, 0.25) is 5.71 Å². The van der Waals surface area contributed by atoms with E-state index in [1.165, 1.54) is 0 Å². The quantitative estimate of drug-likeness (QED) is 0.393. The van der Waals surface area contributed by atoms with Gasteiger partial charge in [0.15, 0.2) is 6.61 Å². The van der Waals surface area contributed by atoms with Crippen LogP contribution in [0.2, 0.25) is 0 Å². The van der Waals surface area contributed by atoms with Crippen LogP contribution in [0.5, 0.6) is 11.5 Å². The van der Waals surface area contributed by atoms with E-state index < -0.39 is 0 Å². The van der Waals surface area contributed by atoms with Gasteiger partial charge in [0.25, 0.3) is 11.8 Å². The summed E-state index contributed by atoms with van der Waals surface area (Å²) >= 11 is 0. The predicted octanol–water partition coefficient (Wildman–Crippen LogP) is 4.04. The van der Waals surface area contributed by atoms with E-state index in [4.69, 9.17) is 13.9 Å². The van der Waals surface area contributed by atoms with Crippen molar-refractivity contribution in [1.82, 2.24) is 14.4 Å². The fourth-order valence-corrected chi connectivity index (χ4v) is 4.68. The Labute approximate surface area is 209 Å². The van der Waals surface area contributed by atoms with Crippen LogP contribution in [-0.2, 0) is 11.3 Å². The van der Waals surface area contributed by atoms with Crippen molar-refractivity contribution in [3.63, 3.8) is 0 Å². The van der Waals surface area contributed by atoms with Crippen LogP contribution in [0, 0.1) is 0 Å². The van der Waals surface area contributed by atoms with Crippen LogP contribution < -0.4 is 9.47 Å². The number of nitrogens with zero attached hydrogens (tertiary/aromatic N) is 3. The van der Waals surface area contributed by atoms with Gasteiger partial charge in [0.1, 0.15) is 17.2 Å². The highest BCUT2D eigenvalue weighted by molar-refractivity contribution is 5.98. The van der Waals surface area contributed by atoms with Crippen LogP contribution in [0.4, 0.5) is 0 Å². The molecule has 2 amide bonds. The number of amides is 2. The van der Waals surface area contributed by atoms with Crippen molar-refractivity contribution in [3.8, 4) is 11.5 Å². The lowest BCUT2D eigenvalue weighted by atomic mass is 10.1. The maximum Gasteiger partial charge on any atom is 0.270 e. The van der Waals surface area contributed by atoms with Gasteiger partial charge in [-0.15, -0.1) is 0 Å². The molecule has 36 heavy (non-hydrogen) atoms. The van der Waals surface area contributed by atoms with Gasteiger partial charge in [-0.05, 0) is 48.9 Å². The van der Waals surface area contributed by atoms with Gasteiger partial charge in [0, 0.05) is 31.1 Å². The first-order valence-electron chi connectivity index (χ1n) is 12.0. The standard InChI is InChI=1S/C28H29N3O5/c1-20-17-29(12-13-30(20)26(32)19-36-23-8-4-3-5-9-23)27(33)25-16-22-11-14-35-28(22)31(25)18-21-7-6-10-24(15-21)34-2/h3-11,14-16,20H,12-13,17-19H2,1-2H3. The molecule has 1 aliphatic rings. The Balaban J connectivity index is 1.29. The van der Waals surface area contributed by atoms with Crippen molar-refractivity contribution in [3.05, 3.63) is 84.3 Å². The third-order valence-corrected chi connectivity index (χ3v) is 6.54. The Kier molecular flexibility index (Phi) is 6.66. The van der Waals surface area contributed by atoms with Gasteiger partial charge in [0.05, 0.1) is 19.9 Å². The number of para-hydroxylation sites is 1. The molecule has 0 aliphatic carbocycles.